The highest BCUT2D eigenvalue weighted by atomic mass is 35.5. The number of ether oxygens (including phenoxy) is 2. The zero-order chi connectivity index (χ0) is 19.2. The quantitative estimate of drug-likeness (QED) is 0.473. The van der Waals surface area contributed by atoms with Crippen LogP contribution < -0.4 is 15.2 Å². The van der Waals surface area contributed by atoms with E-state index in [0.29, 0.717) is 19.8 Å². The average molecular weight is 387 g/mol. The Morgan fingerprint density at radius 2 is 1.78 bits per heavy atom. The molecule has 0 aliphatic rings. The molecule has 0 radical (unpaired) electrons. The molecule has 27 heavy (non-hydrogen) atoms. The van der Waals surface area contributed by atoms with Crippen molar-refractivity contribution in [1.82, 2.24) is 4.98 Å². The van der Waals surface area contributed by atoms with E-state index in [2.05, 4.69) is 17.1 Å². The van der Waals surface area contributed by atoms with Crippen molar-refractivity contribution in [2.45, 2.75) is 33.1 Å². The second kappa shape index (κ2) is 9.16. The predicted octanol–water partition coefficient (Wildman–Crippen LogP) is 5.57. The second-order valence-corrected chi connectivity index (χ2v) is 6.82. The maximum absolute atomic E-state index is 6.44. The lowest BCUT2D eigenvalue weighted by molar-refractivity contribution is 0.288. The van der Waals surface area contributed by atoms with Crippen molar-refractivity contribution in [3.05, 3.63) is 47.0 Å². The van der Waals surface area contributed by atoms with Gasteiger partial charge in [-0.05, 0) is 69.5 Å². The fraction of sp³-hybridized carbons (Fsp3) is 0.364. The Morgan fingerprint density at radius 1 is 1.00 bits per heavy atom. The van der Waals surface area contributed by atoms with Crippen LogP contribution >= 0.6 is 11.6 Å². The lowest BCUT2D eigenvalue weighted by Gasteiger charge is -2.13. The normalized spacial score (nSPS) is 11.1. The summed E-state index contributed by atoms with van der Waals surface area (Å²) in [6.07, 6.45) is 2.99. The van der Waals surface area contributed by atoms with E-state index in [9.17, 15) is 0 Å². The van der Waals surface area contributed by atoms with Gasteiger partial charge < -0.3 is 20.2 Å². The van der Waals surface area contributed by atoms with Crippen molar-refractivity contribution < 1.29 is 9.47 Å². The van der Waals surface area contributed by atoms with Gasteiger partial charge in [-0.15, -0.1) is 0 Å². The van der Waals surface area contributed by atoms with Crippen LogP contribution in [-0.2, 0) is 6.42 Å². The number of hydrogen-bond donors (Lipinski definition) is 2. The molecule has 0 amide bonds. The van der Waals surface area contributed by atoms with Crippen LogP contribution in [0.1, 0.15) is 32.3 Å². The lowest BCUT2D eigenvalue weighted by atomic mass is 10.00. The highest BCUT2D eigenvalue weighted by Crippen LogP contribution is 2.38. The smallest absolute Gasteiger partial charge is 0.161 e. The molecule has 0 fully saturated rings. The zero-order valence-electron chi connectivity index (χ0n) is 16.0. The average Bonchev–Trinajstić information content (AvgIpc) is 3.04. The Balaban J connectivity index is 2.10. The Hall–Kier alpha value is -2.17. The van der Waals surface area contributed by atoms with E-state index in [1.54, 1.807) is 0 Å². The molecule has 0 bridgehead atoms. The molecule has 4 nitrogen and oxygen atoms in total. The zero-order valence-corrected chi connectivity index (χ0v) is 16.7. The minimum atomic E-state index is 0.589. The van der Waals surface area contributed by atoms with E-state index in [0.717, 1.165) is 52.6 Å². The number of H-pyrrole nitrogens is 1. The van der Waals surface area contributed by atoms with Crippen LogP contribution in [0, 0.1) is 0 Å². The summed E-state index contributed by atoms with van der Waals surface area (Å²) in [7, 11) is 0. The van der Waals surface area contributed by atoms with E-state index in [-0.39, 0.29) is 0 Å². The van der Waals surface area contributed by atoms with Crippen LogP contribution in [0.3, 0.4) is 0 Å². The first kappa shape index (κ1) is 19.6. The molecule has 0 atom stereocenters. The first-order valence-corrected chi connectivity index (χ1v) is 9.96. The van der Waals surface area contributed by atoms with Crippen molar-refractivity contribution in [3.8, 4) is 22.8 Å². The predicted molar refractivity (Wildman–Crippen MR) is 113 cm³/mol. The van der Waals surface area contributed by atoms with Crippen molar-refractivity contribution in [1.29, 1.82) is 0 Å². The minimum Gasteiger partial charge on any atom is -0.490 e. The van der Waals surface area contributed by atoms with E-state index >= 15 is 0 Å². The summed E-state index contributed by atoms with van der Waals surface area (Å²) in [6, 6.07) is 12.1. The number of nitrogens with two attached hydrogens (primary N) is 1. The molecule has 0 aliphatic heterocycles. The molecule has 0 saturated carbocycles. The van der Waals surface area contributed by atoms with Gasteiger partial charge in [0.05, 0.1) is 23.8 Å². The molecule has 3 rings (SSSR count). The molecule has 0 aliphatic carbocycles. The van der Waals surface area contributed by atoms with E-state index in [1.807, 2.05) is 38.1 Å². The molecule has 2 aromatic carbocycles. The van der Waals surface area contributed by atoms with Gasteiger partial charge in [0.2, 0.25) is 0 Å². The number of rotatable bonds is 9. The number of aromatic amines is 1. The first-order valence-electron chi connectivity index (χ1n) is 9.58. The first-order chi connectivity index (χ1) is 13.2. The van der Waals surface area contributed by atoms with E-state index in [4.69, 9.17) is 26.8 Å². The third-order valence-electron chi connectivity index (χ3n) is 4.60. The number of fused-ring (bicyclic) bond motifs is 1. The fourth-order valence-corrected chi connectivity index (χ4v) is 3.62. The van der Waals surface area contributed by atoms with Gasteiger partial charge in [-0.25, -0.2) is 0 Å². The van der Waals surface area contributed by atoms with Gasteiger partial charge in [0.25, 0.3) is 0 Å². The summed E-state index contributed by atoms with van der Waals surface area (Å²) >= 11 is 6.44. The van der Waals surface area contributed by atoms with Gasteiger partial charge in [0.15, 0.2) is 11.5 Å². The van der Waals surface area contributed by atoms with E-state index < -0.39 is 0 Å². The lowest BCUT2D eigenvalue weighted by Crippen LogP contribution is -2.00. The summed E-state index contributed by atoms with van der Waals surface area (Å²) in [4.78, 5) is 3.54. The molecular formula is C22H27ClN2O2. The topological polar surface area (TPSA) is 60.3 Å². The minimum absolute atomic E-state index is 0.589. The molecule has 0 saturated heterocycles. The second-order valence-electron chi connectivity index (χ2n) is 6.41. The third-order valence-corrected chi connectivity index (χ3v) is 4.92. The number of unbranched alkanes of at least 4 members (excludes halogenated alkanes) is 1. The van der Waals surface area contributed by atoms with Gasteiger partial charge in [0.1, 0.15) is 0 Å². The van der Waals surface area contributed by atoms with Gasteiger partial charge in [-0.2, -0.15) is 0 Å². The molecule has 5 heteroatoms. The van der Waals surface area contributed by atoms with Crippen LogP contribution in [0.2, 0.25) is 5.02 Å². The summed E-state index contributed by atoms with van der Waals surface area (Å²) in [5.41, 5.74) is 10.1. The van der Waals surface area contributed by atoms with Gasteiger partial charge in [-0.1, -0.05) is 23.7 Å². The van der Waals surface area contributed by atoms with Crippen LogP contribution in [-0.4, -0.2) is 24.7 Å². The highest BCUT2D eigenvalue weighted by Gasteiger charge is 2.16. The van der Waals surface area contributed by atoms with Crippen molar-refractivity contribution in [3.63, 3.8) is 0 Å². The van der Waals surface area contributed by atoms with Crippen molar-refractivity contribution in [2.24, 2.45) is 5.73 Å². The molecule has 3 aromatic rings. The maximum atomic E-state index is 6.44. The Kier molecular flexibility index (Phi) is 6.64. The number of nitrogens with one attached hydrogen (secondary N) is 1. The fourth-order valence-electron chi connectivity index (χ4n) is 3.40. The number of hydrogen-bond acceptors (Lipinski definition) is 3. The number of aromatic nitrogens is 1. The standard InChI is InChI=1S/C22H27ClN2O2/c1-3-26-19-12-11-15(14-20(19)27-4-2)21-16(8-5-6-13-24)17-9-7-10-18(23)22(17)25-21/h7,9-12,14,25H,3-6,8,13,24H2,1-2H3. The molecule has 144 valence electrons. The SMILES string of the molecule is CCOc1ccc(-c2[nH]c3c(Cl)cccc3c2CCCCN)cc1OCC. The summed E-state index contributed by atoms with van der Waals surface area (Å²) < 4.78 is 11.5. The summed E-state index contributed by atoms with van der Waals surface area (Å²) in [5.74, 6) is 1.52. The molecular weight excluding hydrogens is 360 g/mol. The maximum Gasteiger partial charge on any atom is 0.161 e. The van der Waals surface area contributed by atoms with Crippen LogP contribution in [0.4, 0.5) is 0 Å². The number of benzene rings is 2. The largest absolute Gasteiger partial charge is 0.490 e. The Bertz CT molecular complexity index is 905. The van der Waals surface area contributed by atoms with Crippen LogP contribution in [0.5, 0.6) is 11.5 Å². The molecule has 1 heterocycles. The number of halogens is 1. The van der Waals surface area contributed by atoms with Gasteiger partial charge in [-0.3, -0.25) is 0 Å². The van der Waals surface area contributed by atoms with Crippen LogP contribution in [0.25, 0.3) is 22.2 Å². The van der Waals surface area contributed by atoms with E-state index in [1.165, 1.54) is 10.9 Å². The van der Waals surface area contributed by atoms with Gasteiger partial charge in [0, 0.05) is 16.6 Å². The molecule has 1 aromatic heterocycles. The third kappa shape index (κ3) is 4.23. The van der Waals surface area contributed by atoms with Gasteiger partial charge >= 0.3 is 0 Å². The van der Waals surface area contributed by atoms with Crippen molar-refractivity contribution >= 4 is 22.5 Å². The number of para-hydroxylation sites is 1. The molecule has 0 spiro atoms. The Morgan fingerprint density at radius 3 is 2.52 bits per heavy atom. The Labute approximate surface area is 165 Å². The summed E-state index contributed by atoms with van der Waals surface area (Å²) in [6.45, 7) is 5.84. The molecule has 0 unspecified atom stereocenters. The monoisotopic (exact) mass is 386 g/mol. The van der Waals surface area contributed by atoms with Crippen molar-refractivity contribution in [2.75, 3.05) is 19.8 Å². The summed E-state index contributed by atoms with van der Waals surface area (Å²) in [5, 5.41) is 1.90. The molecule has 3 N–H and O–H groups in total. The number of aryl methyl sites for hydroxylation is 1. The van der Waals surface area contributed by atoms with Crippen LogP contribution in [0.15, 0.2) is 36.4 Å². The highest BCUT2D eigenvalue weighted by molar-refractivity contribution is 6.35.